The van der Waals surface area contributed by atoms with E-state index in [4.69, 9.17) is 0 Å². The van der Waals surface area contributed by atoms with Crippen LogP contribution >= 0.6 is 0 Å². The molecule has 0 radical (unpaired) electrons. The maximum absolute atomic E-state index is 4.25. The highest BCUT2D eigenvalue weighted by molar-refractivity contribution is 4.96. The maximum atomic E-state index is 4.25. The van der Waals surface area contributed by atoms with Crippen molar-refractivity contribution in [2.75, 3.05) is 32.7 Å². The number of rotatable bonds is 7. The highest BCUT2D eigenvalue weighted by Crippen LogP contribution is 2.16. The summed E-state index contributed by atoms with van der Waals surface area (Å²) >= 11 is 0. The average Bonchev–Trinajstić information content (AvgIpc) is 2.30. The van der Waals surface area contributed by atoms with Gasteiger partial charge in [0.1, 0.15) is 0 Å². The van der Waals surface area contributed by atoms with Crippen molar-refractivity contribution < 1.29 is 0 Å². The van der Waals surface area contributed by atoms with E-state index in [1.54, 1.807) is 0 Å². The van der Waals surface area contributed by atoms with E-state index in [1.807, 2.05) is 0 Å². The zero-order chi connectivity index (χ0) is 12.7. The molecule has 0 aliphatic carbocycles. The largest absolute Gasteiger partial charge is 0.373 e. The molecular formula is C15H30N2. The summed E-state index contributed by atoms with van der Waals surface area (Å²) in [7, 11) is 0. The van der Waals surface area contributed by atoms with Gasteiger partial charge in [-0.25, -0.2) is 0 Å². The number of hydrogen-bond donors (Lipinski definition) is 0. The quantitative estimate of drug-likeness (QED) is 0.671. The van der Waals surface area contributed by atoms with E-state index in [2.05, 4.69) is 37.1 Å². The Morgan fingerprint density at radius 1 is 1.18 bits per heavy atom. The molecular weight excluding hydrogens is 208 g/mol. The number of nitrogens with zero attached hydrogens (tertiary/aromatic N) is 2. The molecule has 1 rings (SSSR count). The SMILES string of the molecule is C=C(CCCC(C)C)N1CCN(CCC)CC1. The van der Waals surface area contributed by atoms with Gasteiger partial charge in [0.15, 0.2) is 0 Å². The Labute approximate surface area is 108 Å². The molecule has 0 spiro atoms. The van der Waals surface area contributed by atoms with Gasteiger partial charge < -0.3 is 4.90 Å². The molecule has 0 amide bonds. The van der Waals surface area contributed by atoms with Crippen LogP contribution in [0.4, 0.5) is 0 Å². The lowest BCUT2D eigenvalue weighted by molar-refractivity contribution is 0.156. The Balaban J connectivity index is 2.17. The summed E-state index contributed by atoms with van der Waals surface area (Å²) in [4.78, 5) is 5.06. The summed E-state index contributed by atoms with van der Waals surface area (Å²) in [5, 5.41) is 0. The third-order valence-electron chi connectivity index (χ3n) is 3.61. The summed E-state index contributed by atoms with van der Waals surface area (Å²) in [6.45, 7) is 17.2. The van der Waals surface area contributed by atoms with Gasteiger partial charge in [-0.15, -0.1) is 0 Å². The lowest BCUT2D eigenvalue weighted by Crippen LogP contribution is -2.45. The summed E-state index contributed by atoms with van der Waals surface area (Å²) in [6, 6.07) is 0. The number of hydrogen-bond acceptors (Lipinski definition) is 2. The van der Waals surface area contributed by atoms with Crippen LogP contribution in [0.1, 0.15) is 46.5 Å². The van der Waals surface area contributed by atoms with Crippen LogP contribution in [0.3, 0.4) is 0 Å². The molecule has 2 nitrogen and oxygen atoms in total. The Hall–Kier alpha value is -0.500. The first-order valence-corrected chi connectivity index (χ1v) is 7.28. The maximum Gasteiger partial charge on any atom is 0.0303 e. The first-order valence-electron chi connectivity index (χ1n) is 7.28. The van der Waals surface area contributed by atoms with Crippen molar-refractivity contribution in [3.8, 4) is 0 Å². The van der Waals surface area contributed by atoms with Crippen LogP contribution in [-0.2, 0) is 0 Å². The van der Waals surface area contributed by atoms with E-state index in [1.165, 1.54) is 64.1 Å². The molecule has 2 heteroatoms. The minimum atomic E-state index is 0.823. The topological polar surface area (TPSA) is 6.48 Å². The van der Waals surface area contributed by atoms with Crippen LogP contribution in [0.5, 0.6) is 0 Å². The standard InChI is InChI=1S/C15H30N2/c1-5-9-16-10-12-17(13-11-16)15(4)8-6-7-14(2)3/h14H,4-13H2,1-3H3. The van der Waals surface area contributed by atoms with Crippen LogP contribution < -0.4 is 0 Å². The van der Waals surface area contributed by atoms with Crippen LogP contribution in [0.2, 0.25) is 0 Å². The minimum absolute atomic E-state index is 0.823. The van der Waals surface area contributed by atoms with Crippen LogP contribution in [0.25, 0.3) is 0 Å². The van der Waals surface area contributed by atoms with E-state index >= 15 is 0 Å². The Bertz CT molecular complexity index is 215. The number of allylic oxidation sites excluding steroid dienone is 1. The minimum Gasteiger partial charge on any atom is -0.373 e. The van der Waals surface area contributed by atoms with Crippen molar-refractivity contribution in [3.05, 3.63) is 12.3 Å². The molecule has 1 aliphatic rings. The second kappa shape index (κ2) is 7.75. The molecule has 0 atom stereocenters. The van der Waals surface area contributed by atoms with Gasteiger partial charge in [0, 0.05) is 31.9 Å². The molecule has 0 N–H and O–H groups in total. The molecule has 1 fully saturated rings. The van der Waals surface area contributed by atoms with Gasteiger partial charge >= 0.3 is 0 Å². The highest BCUT2D eigenvalue weighted by atomic mass is 15.3. The van der Waals surface area contributed by atoms with Gasteiger partial charge in [-0.05, 0) is 31.7 Å². The van der Waals surface area contributed by atoms with Gasteiger partial charge in [-0.3, -0.25) is 4.90 Å². The van der Waals surface area contributed by atoms with E-state index < -0.39 is 0 Å². The molecule has 0 aromatic rings. The van der Waals surface area contributed by atoms with E-state index in [0.717, 1.165) is 5.92 Å². The fourth-order valence-corrected chi connectivity index (χ4v) is 2.48. The molecule has 0 bridgehead atoms. The fourth-order valence-electron chi connectivity index (χ4n) is 2.48. The highest BCUT2D eigenvalue weighted by Gasteiger charge is 2.16. The van der Waals surface area contributed by atoms with Gasteiger partial charge in [0.05, 0.1) is 0 Å². The molecule has 1 heterocycles. The fraction of sp³-hybridized carbons (Fsp3) is 0.867. The molecule has 1 aliphatic heterocycles. The summed E-state index contributed by atoms with van der Waals surface area (Å²) < 4.78 is 0. The number of piperazine rings is 1. The lowest BCUT2D eigenvalue weighted by atomic mass is 10.1. The van der Waals surface area contributed by atoms with E-state index in [9.17, 15) is 0 Å². The van der Waals surface area contributed by atoms with Crippen molar-refractivity contribution in [3.63, 3.8) is 0 Å². The lowest BCUT2D eigenvalue weighted by Gasteiger charge is -2.37. The zero-order valence-corrected chi connectivity index (χ0v) is 12.0. The van der Waals surface area contributed by atoms with Gasteiger partial charge in [-0.1, -0.05) is 33.8 Å². The third-order valence-corrected chi connectivity index (χ3v) is 3.61. The predicted octanol–water partition coefficient (Wildman–Crippen LogP) is 3.35. The second-order valence-corrected chi connectivity index (χ2v) is 5.68. The molecule has 0 unspecified atom stereocenters. The predicted molar refractivity (Wildman–Crippen MR) is 76.1 cm³/mol. The Kier molecular flexibility index (Phi) is 6.64. The molecule has 0 aromatic heterocycles. The van der Waals surface area contributed by atoms with Crippen molar-refractivity contribution in [1.82, 2.24) is 9.80 Å². The molecule has 100 valence electrons. The van der Waals surface area contributed by atoms with Crippen LogP contribution in [0, 0.1) is 5.92 Å². The molecule has 0 saturated carbocycles. The van der Waals surface area contributed by atoms with Crippen LogP contribution in [-0.4, -0.2) is 42.5 Å². The molecule has 0 aromatic carbocycles. The third kappa shape index (κ3) is 5.58. The van der Waals surface area contributed by atoms with E-state index in [-0.39, 0.29) is 0 Å². The molecule has 17 heavy (non-hydrogen) atoms. The molecule has 1 saturated heterocycles. The zero-order valence-electron chi connectivity index (χ0n) is 12.0. The first kappa shape index (κ1) is 14.6. The van der Waals surface area contributed by atoms with E-state index in [0.29, 0.717) is 0 Å². The average molecular weight is 238 g/mol. The van der Waals surface area contributed by atoms with Crippen molar-refractivity contribution in [1.29, 1.82) is 0 Å². The van der Waals surface area contributed by atoms with Gasteiger partial charge in [-0.2, -0.15) is 0 Å². The smallest absolute Gasteiger partial charge is 0.0303 e. The Morgan fingerprint density at radius 3 is 2.35 bits per heavy atom. The van der Waals surface area contributed by atoms with Crippen molar-refractivity contribution in [2.24, 2.45) is 5.92 Å². The summed E-state index contributed by atoms with van der Waals surface area (Å²) in [5.41, 5.74) is 1.36. The first-order chi connectivity index (χ1) is 8.13. The summed E-state index contributed by atoms with van der Waals surface area (Å²) in [6.07, 6.45) is 5.09. The summed E-state index contributed by atoms with van der Waals surface area (Å²) in [5.74, 6) is 0.823. The van der Waals surface area contributed by atoms with Crippen LogP contribution in [0.15, 0.2) is 12.3 Å². The normalized spacial score (nSPS) is 17.8. The Morgan fingerprint density at radius 2 is 1.82 bits per heavy atom. The van der Waals surface area contributed by atoms with Gasteiger partial charge in [0.2, 0.25) is 0 Å². The van der Waals surface area contributed by atoms with Crippen molar-refractivity contribution >= 4 is 0 Å². The van der Waals surface area contributed by atoms with Crippen molar-refractivity contribution in [2.45, 2.75) is 46.5 Å². The van der Waals surface area contributed by atoms with Gasteiger partial charge in [0.25, 0.3) is 0 Å². The monoisotopic (exact) mass is 238 g/mol. The second-order valence-electron chi connectivity index (χ2n) is 5.68.